The molecule has 1 rings (SSSR count). The largest absolute Gasteiger partial charge is 0.375 e. The minimum atomic E-state index is -3.08. The smallest absolute Gasteiger partial charge is 0.182 e. The zero-order valence-corrected chi connectivity index (χ0v) is 8.89. The predicted octanol–water partition coefficient (Wildman–Crippen LogP) is 0.749. The third kappa shape index (κ3) is 1.75. The van der Waals surface area contributed by atoms with Crippen LogP contribution in [-0.4, -0.2) is 31.3 Å². The second-order valence-electron chi connectivity index (χ2n) is 2.38. The first-order valence-corrected chi connectivity index (χ1v) is 6.21. The summed E-state index contributed by atoms with van der Waals surface area (Å²) in [6, 6.07) is 0. The van der Waals surface area contributed by atoms with E-state index in [4.69, 9.17) is 4.74 Å². The summed E-state index contributed by atoms with van der Waals surface area (Å²) in [6.07, 6.45) is 0. The molecule has 0 aromatic rings. The van der Waals surface area contributed by atoms with Gasteiger partial charge in [-0.2, -0.15) is 0 Å². The summed E-state index contributed by atoms with van der Waals surface area (Å²) >= 11 is 2.04. The molecule has 3 nitrogen and oxygen atoms in total. The van der Waals surface area contributed by atoms with Crippen molar-refractivity contribution < 1.29 is 13.2 Å². The molecule has 0 bridgehead atoms. The second kappa shape index (κ2) is 3.40. The van der Waals surface area contributed by atoms with Gasteiger partial charge in [-0.25, -0.2) is 8.42 Å². The van der Waals surface area contributed by atoms with E-state index in [0.29, 0.717) is 11.0 Å². The molecule has 0 aliphatic carbocycles. The number of hydrogen-bond acceptors (Lipinski definition) is 3. The molecule has 64 valence electrons. The van der Waals surface area contributed by atoms with E-state index in [1.807, 2.05) is 22.6 Å². The summed E-state index contributed by atoms with van der Waals surface area (Å²) in [5.41, 5.74) is 0. The first kappa shape index (κ1) is 9.47. The summed E-state index contributed by atoms with van der Waals surface area (Å²) in [5.74, 6) is 0. The molecule has 1 unspecified atom stereocenters. The van der Waals surface area contributed by atoms with Crippen molar-refractivity contribution in [3.63, 3.8) is 0 Å². The molecule has 0 saturated carbocycles. The van der Waals surface area contributed by atoms with Crippen molar-refractivity contribution in [3.05, 3.63) is 11.5 Å². The highest BCUT2D eigenvalue weighted by molar-refractivity contribution is 14.1. The van der Waals surface area contributed by atoms with Crippen LogP contribution in [0.15, 0.2) is 11.5 Å². The lowest BCUT2D eigenvalue weighted by Gasteiger charge is -2.22. The summed E-state index contributed by atoms with van der Waals surface area (Å²) in [5, 5.41) is -0.385. The fraction of sp³-hybridized carbons (Fsp3) is 0.667. The Morgan fingerprint density at radius 2 is 2.36 bits per heavy atom. The molecule has 1 aliphatic heterocycles. The molecule has 11 heavy (non-hydrogen) atoms. The third-order valence-electron chi connectivity index (χ3n) is 1.58. The van der Waals surface area contributed by atoms with Crippen LogP contribution in [0.1, 0.15) is 0 Å². The Morgan fingerprint density at radius 1 is 1.73 bits per heavy atom. The van der Waals surface area contributed by atoms with Crippen molar-refractivity contribution in [2.45, 2.75) is 5.25 Å². The van der Waals surface area contributed by atoms with Crippen molar-refractivity contribution >= 4 is 32.4 Å². The van der Waals surface area contributed by atoms with Gasteiger partial charge in [0.05, 0.1) is 23.4 Å². The lowest BCUT2D eigenvalue weighted by molar-refractivity contribution is 0.155. The van der Waals surface area contributed by atoms with Gasteiger partial charge in [0.1, 0.15) is 0 Å². The van der Waals surface area contributed by atoms with Crippen molar-refractivity contribution in [1.82, 2.24) is 0 Å². The lowest BCUT2D eigenvalue weighted by atomic mass is 10.5. The van der Waals surface area contributed by atoms with Crippen molar-refractivity contribution in [3.8, 4) is 0 Å². The van der Waals surface area contributed by atoms with Gasteiger partial charge < -0.3 is 4.74 Å². The molecule has 0 aromatic carbocycles. The van der Waals surface area contributed by atoms with E-state index in [1.165, 1.54) is 0 Å². The van der Waals surface area contributed by atoms with Crippen LogP contribution in [0.2, 0.25) is 0 Å². The zero-order chi connectivity index (χ0) is 8.48. The van der Waals surface area contributed by atoms with Gasteiger partial charge in [-0.1, -0.05) is 29.2 Å². The van der Waals surface area contributed by atoms with Gasteiger partial charge in [-0.05, 0) is 0 Å². The molecule has 0 N–H and O–H groups in total. The summed E-state index contributed by atoms with van der Waals surface area (Å²) < 4.78 is 28.3. The molecule has 0 aromatic heterocycles. The van der Waals surface area contributed by atoms with Gasteiger partial charge in [-0.15, -0.1) is 0 Å². The summed E-state index contributed by atoms with van der Waals surface area (Å²) in [4.78, 5) is 0.213. The Balaban J connectivity index is 2.91. The number of hydrogen-bond donors (Lipinski definition) is 0. The summed E-state index contributed by atoms with van der Waals surface area (Å²) in [7, 11) is -3.08. The Hall–Kier alpha value is 0.380. The minimum absolute atomic E-state index is 0.162. The highest BCUT2D eigenvalue weighted by atomic mass is 127. The number of rotatable bonds is 1. The maximum absolute atomic E-state index is 11.4. The molecule has 5 heteroatoms. The van der Waals surface area contributed by atoms with Gasteiger partial charge in [0.15, 0.2) is 9.84 Å². The normalized spacial score (nSPS) is 30.3. The van der Waals surface area contributed by atoms with Crippen molar-refractivity contribution in [2.75, 3.05) is 17.6 Å². The van der Waals surface area contributed by atoms with E-state index in [9.17, 15) is 8.42 Å². The lowest BCUT2D eigenvalue weighted by Crippen LogP contribution is -2.35. The Bertz CT molecular complexity index is 257. The SMILES string of the molecule is C=C1COCC(CI)S1(=O)=O. The van der Waals surface area contributed by atoms with E-state index in [0.717, 1.165) is 0 Å². The van der Waals surface area contributed by atoms with E-state index >= 15 is 0 Å². The van der Waals surface area contributed by atoms with Crippen LogP contribution < -0.4 is 0 Å². The maximum atomic E-state index is 11.4. The van der Waals surface area contributed by atoms with Crippen molar-refractivity contribution in [2.24, 2.45) is 0 Å². The van der Waals surface area contributed by atoms with Crippen LogP contribution in [0.5, 0.6) is 0 Å². The van der Waals surface area contributed by atoms with Crippen LogP contribution in [0.25, 0.3) is 0 Å². The van der Waals surface area contributed by atoms with Crippen LogP contribution in [0.3, 0.4) is 0 Å². The summed E-state index contributed by atoms with van der Waals surface area (Å²) in [6.45, 7) is 3.92. The Kier molecular flexibility index (Phi) is 2.93. The zero-order valence-electron chi connectivity index (χ0n) is 5.92. The topological polar surface area (TPSA) is 43.4 Å². The molecular weight excluding hydrogens is 279 g/mol. The van der Waals surface area contributed by atoms with Crippen LogP contribution in [0, 0.1) is 0 Å². The molecule has 1 atom stereocenters. The van der Waals surface area contributed by atoms with Crippen LogP contribution in [-0.2, 0) is 14.6 Å². The van der Waals surface area contributed by atoms with Gasteiger partial charge >= 0.3 is 0 Å². The number of sulfone groups is 1. The Labute approximate surface area is 79.9 Å². The Morgan fingerprint density at radius 3 is 2.82 bits per heavy atom. The monoisotopic (exact) mass is 288 g/mol. The van der Waals surface area contributed by atoms with E-state index in [-0.39, 0.29) is 16.8 Å². The highest BCUT2D eigenvalue weighted by Gasteiger charge is 2.31. The van der Waals surface area contributed by atoms with Crippen LogP contribution in [0.4, 0.5) is 0 Å². The fourth-order valence-electron chi connectivity index (χ4n) is 0.839. The van der Waals surface area contributed by atoms with Gasteiger partial charge in [0.2, 0.25) is 0 Å². The van der Waals surface area contributed by atoms with Gasteiger partial charge in [0, 0.05) is 4.43 Å². The quantitative estimate of drug-likeness (QED) is 0.528. The second-order valence-corrected chi connectivity index (χ2v) is 5.59. The van der Waals surface area contributed by atoms with E-state index < -0.39 is 9.84 Å². The molecule has 0 amide bonds. The fourth-order valence-corrected chi connectivity index (χ4v) is 3.67. The number of alkyl halides is 1. The standard InChI is InChI=1S/C6H9IO3S/c1-5-3-10-4-6(2-7)11(5,8)9/h6H,1-4H2. The van der Waals surface area contributed by atoms with Gasteiger partial charge in [-0.3, -0.25) is 0 Å². The minimum Gasteiger partial charge on any atom is -0.375 e. The number of halogens is 1. The molecule has 0 radical (unpaired) electrons. The first-order valence-electron chi connectivity index (χ1n) is 3.14. The number of ether oxygens (including phenoxy) is 1. The van der Waals surface area contributed by atoms with Crippen LogP contribution >= 0.6 is 22.6 Å². The van der Waals surface area contributed by atoms with E-state index in [2.05, 4.69) is 6.58 Å². The third-order valence-corrected chi connectivity index (χ3v) is 5.34. The predicted molar refractivity (Wildman–Crippen MR) is 51.6 cm³/mol. The van der Waals surface area contributed by atoms with E-state index in [1.54, 1.807) is 0 Å². The average Bonchev–Trinajstić information content (AvgIpc) is 1.95. The molecule has 1 heterocycles. The molecule has 1 saturated heterocycles. The maximum Gasteiger partial charge on any atom is 0.182 e. The molecule has 0 spiro atoms. The molecular formula is C6H9IO3S. The highest BCUT2D eigenvalue weighted by Crippen LogP contribution is 2.19. The molecule has 1 fully saturated rings. The van der Waals surface area contributed by atoms with Gasteiger partial charge in [0.25, 0.3) is 0 Å². The average molecular weight is 288 g/mol. The molecule has 1 aliphatic rings. The van der Waals surface area contributed by atoms with Crippen molar-refractivity contribution in [1.29, 1.82) is 0 Å². The first-order chi connectivity index (χ1) is 5.09.